The van der Waals surface area contributed by atoms with Crippen LogP contribution in [0.4, 0.5) is 4.79 Å². The summed E-state index contributed by atoms with van der Waals surface area (Å²) >= 11 is 1.60. The number of ether oxygens (including phenoxy) is 1. The molecule has 1 saturated heterocycles. The van der Waals surface area contributed by atoms with Crippen LogP contribution in [-0.4, -0.2) is 53.5 Å². The van der Waals surface area contributed by atoms with Gasteiger partial charge in [0.1, 0.15) is 13.2 Å². The Balaban J connectivity index is 1.60. The van der Waals surface area contributed by atoms with E-state index in [1.165, 1.54) is 9.78 Å². The number of amides is 2. The lowest BCUT2D eigenvalue weighted by Gasteiger charge is -2.24. The average molecular weight is 359 g/mol. The molecule has 0 unspecified atom stereocenters. The van der Waals surface area contributed by atoms with Crippen molar-refractivity contribution < 1.29 is 14.3 Å². The summed E-state index contributed by atoms with van der Waals surface area (Å²) in [7, 11) is 1.76. The fraction of sp³-hybridized carbons (Fsp3) is 0.389. The molecule has 1 aromatic heterocycles. The van der Waals surface area contributed by atoms with E-state index in [0.29, 0.717) is 6.54 Å². The standard InChI is InChI=1S/C18H21N3O3S/c1-13-16(25-12-19-13)8-9-20(2)17(22)10-21-15(11-24-18(21)23)14-6-4-3-5-7-14/h3-7,12,15H,8-11H2,1-2H3/t15-/m1/s1. The van der Waals surface area contributed by atoms with Gasteiger partial charge in [-0.05, 0) is 12.5 Å². The van der Waals surface area contributed by atoms with Crippen LogP contribution >= 0.6 is 11.3 Å². The number of hydrogen-bond donors (Lipinski definition) is 0. The third-order valence-corrected chi connectivity index (χ3v) is 5.41. The van der Waals surface area contributed by atoms with E-state index < -0.39 is 6.09 Å². The van der Waals surface area contributed by atoms with E-state index in [0.717, 1.165) is 17.7 Å². The second-order valence-electron chi connectivity index (χ2n) is 6.06. The largest absolute Gasteiger partial charge is 0.447 e. The monoisotopic (exact) mass is 359 g/mol. The molecule has 2 aromatic rings. The molecule has 7 heteroatoms. The third-order valence-electron chi connectivity index (χ3n) is 4.41. The van der Waals surface area contributed by atoms with Gasteiger partial charge in [0.25, 0.3) is 0 Å². The van der Waals surface area contributed by atoms with E-state index in [1.54, 1.807) is 23.3 Å². The zero-order valence-electron chi connectivity index (χ0n) is 14.3. The summed E-state index contributed by atoms with van der Waals surface area (Å²) in [6.45, 7) is 2.87. The van der Waals surface area contributed by atoms with Gasteiger partial charge in [-0.1, -0.05) is 30.3 Å². The molecule has 2 heterocycles. The predicted molar refractivity (Wildman–Crippen MR) is 95.4 cm³/mol. The molecule has 1 aliphatic heterocycles. The zero-order chi connectivity index (χ0) is 17.8. The van der Waals surface area contributed by atoms with Gasteiger partial charge < -0.3 is 9.64 Å². The molecular weight excluding hydrogens is 338 g/mol. The van der Waals surface area contributed by atoms with Crippen LogP contribution in [0.1, 0.15) is 22.2 Å². The Kier molecular flexibility index (Phi) is 5.33. The van der Waals surface area contributed by atoms with Crippen LogP contribution in [0.2, 0.25) is 0 Å². The van der Waals surface area contributed by atoms with Crippen molar-refractivity contribution in [2.24, 2.45) is 0 Å². The molecule has 0 aliphatic carbocycles. The first-order valence-electron chi connectivity index (χ1n) is 8.17. The van der Waals surface area contributed by atoms with Gasteiger partial charge in [0.15, 0.2) is 0 Å². The number of carbonyl (C=O) groups excluding carboxylic acids is 2. The summed E-state index contributed by atoms with van der Waals surface area (Å²) in [6.07, 6.45) is 0.333. The molecule has 1 fully saturated rings. The molecule has 132 valence electrons. The van der Waals surface area contributed by atoms with Crippen molar-refractivity contribution in [2.45, 2.75) is 19.4 Å². The first kappa shape index (κ1) is 17.4. The van der Waals surface area contributed by atoms with Crippen LogP contribution in [0.25, 0.3) is 0 Å². The average Bonchev–Trinajstić information content (AvgIpc) is 3.19. The molecular formula is C18H21N3O3S. The summed E-state index contributed by atoms with van der Waals surface area (Å²) in [5.74, 6) is -0.0954. The van der Waals surface area contributed by atoms with Crippen molar-refractivity contribution in [3.8, 4) is 0 Å². The van der Waals surface area contributed by atoms with E-state index in [4.69, 9.17) is 4.74 Å². The number of likely N-dealkylation sites (N-methyl/N-ethyl adjacent to an activating group) is 1. The Morgan fingerprint density at radius 3 is 2.84 bits per heavy atom. The minimum Gasteiger partial charge on any atom is -0.447 e. The molecule has 1 atom stereocenters. The lowest BCUT2D eigenvalue weighted by Crippen LogP contribution is -2.40. The normalized spacial score (nSPS) is 16.8. The Labute approximate surface area is 151 Å². The number of nitrogens with zero attached hydrogens (tertiary/aromatic N) is 3. The van der Waals surface area contributed by atoms with E-state index in [1.807, 2.05) is 42.8 Å². The molecule has 0 saturated carbocycles. The molecule has 0 bridgehead atoms. The van der Waals surface area contributed by atoms with Crippen LogP contribution in [-0.2, 0) is 16.0 Å². The zero-order valence-corrected chi connectivity index (χ0v) is 15.2. The number of carbonyl (C=O) groups is 2. The molecule has 0 radical (unpaired) electrons. The van der Waals surface area contributed by atoms with Crippen LogP contribution in [0, 0.1) is 6.92 Å². The number of cyclic esters (lactones) is 1. The van der Waals surface area contributed by atoms with E-state index in [9.17, 15) is 9.59 Å². The van der Waals surface area contributed by atoms with Crippen molar-refractivity contribution in [1.82, 2.24) is 14.8 Å². The van der Waals surface area contributed by atoms with Gasteiger partial charge in [-0.3, -0.25) is 9.69 Å². The molecule has 1 aromatic carbocycles. The second kappa shape index (κ2) is 7.65. The van der Waals surface area contributed by atoms with Crippen molar-refractivity contribution in [3.63, 3.8) is 0 Å². The maximum Gasteiger partial charge on any atom is 0.410 e. The van der Waals surface area contributed by atoms with Crippen LogP contribution in [0.3, 0.4) is 0 Å². The van der Waals surface area contributed by atoms with E-state index >= 15 is 0 Å². The minimum absolute atomic E-state index is 0.0244. The van der Waals surface area contributed by atoms with Crippen LogP contribution in [0.15, 0.2) is 35.8 Å². The third kappa shape index (κ3) is 3.99. The number of hydrogen-bond acceptors (Lipinski definition) is 5. The number of thiazole rings is 1. The predicted octanol–water partition coefficient (Wildman–Crippen LogP) is 2.65. The topological polar surface area (TPSA) is 62.7 Å². The summed E-state index contributed by atoms with van der Waals surface area (Å²) < 4.78 is 5.16. The molecule has 6 nitrogen and oxygen atoms in total. The first-order chi connectivity index (χ1) is 12.1. The van der Waals surface area contributed by atoms with Crippen LogP contribution < -0.4 is 0 Å². The fourth-order valence-electron chi connectivity index (χ4n) is 2.80. The van der Waals surface area contributed by atoms with Gasteiger partial charge in [0.2, 0.25) is 5.91 Å². The minimum atomic E-state index is -0.436. The summed E-state index contributed by atoms with van der Waals surface area (Å²) in [6, 6.07) is 9.44. The summed E-state index contributed by atoms with van der Waals surface area (Å²) in [4.78, 5) is 33.1. The lowest BCUT2D eigenvalue weighted by atomic mass is 10.1. The number of aromatic nitrogens is 1. The van der Waals surface area contributed by atoms with Gasteiger partial charge in [-0.25, -0.2) is 9.78 Å². The summed E-state index contributed by atoms with van der Waals surface area (Å²) in [5, 5.41) is 0. The van der Waals surface area contributed by atoms with Crippen molar-refractivity contribution >= 4 is 23.3 Å². The maximum atomic E-state index is 12.5. The number of aryl methyl sites for hydroxylation is 1. The van der Waals surface area contributed by atoms with Crippen molar-refractivity contribution in [2.75, 3.05) is 26.7 Å². The highest BCUT2D eigenvalue weighted by molar-refractivity contribution is 7.09. The van der Waals surface area contributed by atoms with Gasteiger partial charge in [-0.15, -0.1) is 11.3 Å². The summed E-state index contributed by atoms with van der Waals surface area (Å²) in [5.41, 5.74) is 3.80. The molecule has 3 rings (SSSR count). The highest BCUT2D eigenvalue weighted by Gasteiger charge is 2.35. The highest BCUT2D eigenvalue weighted by Crippen LogP contribution is 2.27. The fourth-order valence-corrected chi connectivity index (χ4v) is 3.57. The van der Waals surface area contributed by atoms with E-state index in [2.05, 4.69) is 4.98 Å². The van der Waals surface area contributed by atoms with Gasteiger partial charge in [-0.2, -0.15) is 0 Å². The molecule has 2 amide bonds. The Bertz CT molecular complexity index is 747. The number of benzene rings is 1. The van der Waals surface area contributed by atoms with Crippen molar-refractivity contribution in [1.29, 1.82) is 0 Å². The molecule has 0 N–H and O–H groups in total. The Morgan fingerprint density at radius 1 is 1.40 bits per heavy atom. The Morgan fingerprint density at radius 2 is 2.16 bits per heavy atom. The highest BCUT2D eigenvalue weighted by atomic mass is 32.1. The van der Waals surface area contributed by atoms with Gasteiger partial charge in [0.05, 0.1) is 17.2 Å². The first-order valence-corrected chi connectivity index (χ1v) is 9.05. The quantitative estimate of drug-likeness (QED) is 0.795. The smallest absolute Gasteiger partial charge is 0.410 e. The maximum absolute atomic E-state index is 12.5. The van der Waals surface area contributed by atoms with E-state index in [-0.39, 0.29) is 25.1 Å². The Hall–Kier alpha value is -2.41. The SMILES string of the molecule is Cc1ncsc1CCN(C)C(=O)CN1C(=O)OC[C@@H]1c1ccccc1. The molecule has 25 heavy (non-hydrogen) atoms. The van der Waals surface area contributed by atoms with Crippen molar-refractivity contribution in [3.05, 3.63) is 52.0 Å². The second-order valence-corrected chi connectivity index (χ2v) is 7.00. The molecule has 1 aliphatic rings. The number of rotatable bonds is 6. The van der Waals surface area contributed by atoms with Crippen LogP contribution in [0.5, 0.6) is 0 Å². The lowest BCUT2D eigenvalue weighted by molar-refractivity contribution is -0.130. The van der Waals surface area contributed by atoms with Gasteiger partial charge >= 0.3 is 6.09 Å². The van der Waals surface area contributed by atoms with Gasteiger partial charge in [0, 0.05) is 24.9 Å². The molecule has 0 spiro atoms.